The minimum absolute atomic E-state index is 0. The smallest absolute Gasteiger partial charge is 0 e. The van der Waals surface area contributed by atoms with Crippen LogP contribution in [0.15, 0.2) is 0 Å². The minimum atomic E-state index is -6.00. The summed E-state index contributed by atoms with van der Waals surface area (Å²) in [5.74, 6) is 0. The quantitative estimate of drug-likeness (QED) is 0.102. The van der Waals surface area contributed by atoms with Crippen molar-refractivity contribution in [1.29, 1.82) is 0 Å². The molecule has 3 fully saturated rings. The molecule has 0 aliphatic heterocycles. The molecule has 3 aliphatic rings. The van der Waals surface area contributed by atoms with Crippen LogP contribution in [0.3, 0.4) is 0 Å². The predicted octanol–water partition coefficient (Wildman–Crippen LogP) is 7.28. The Morgan fingerprint density at radius 3 is 0.767 bits per heavy atom. The van der Waals surface area contributed by atoms with Crippen molar-refractivity contribution in [2.45, 2.75) is 102 Å². The van der Waals surface area contributed by atoms with Gasteiger partial charge in [-0.25, -0.2) is 0 Å². The van der Waals surface area contributed by atoms with Gasteiger partial charge in [-0.3, -0.25) is 0 Å². The molecular weight excluding hydrogens is 506 g/mol. The largest absolute Gasteiger partial charge is 2.00 e. The zero-order valence-electron chi connectivity index (χ0n) is 17.3. The van der Waals surface area contributed by atoms with Gasteiger partial charge in [-0.1, -0.05) is 83.5 Å². The van der Waals surface area contributed by atoms with Gasteiger partial charge in [0.05, 0.1) is 0 Å². The van der Waals surface area contributed by atoms with Crippen LogP contribution in [0.4, 0.5) is 17.3 Å². The fourth-order valence-corrected chi connectivity index (χ4v) is 3.37. The average molecular weight is 539 g/mol. The third kappa shape index (κ3) is 63.0. The molecule has 3 saturated carbocycles. The molecule has 0 bridgehead atoms. The Labute approximate surface area is 203 Å². The summed E-state index contributed by atoms with van der Waals surface area (Å²) in [5, 5.41) is 0. The Bertz CT molecular complexity index is 301. The SMILES string of the molecule is C1CCCC1.C1CCCC1.F[B-](F)(F)F.PC1CCCCC1.[C-]#[O+].[C-]#[O+].[C-]#[O+].[Fe+2].[Fe]. The van der Waals surface area contributed by atoms with Crippen LogP contribution in [-0.2, 0) is 48.1 Å². The zero-order valence-corrected chi connectivity index (χ0v) is 20.6. The van der Waals surface area contributed by atoms with Crippen molar-refractivity contribution in [3.05, 3.63) is 20.0 Å². The van der Waals surface area contributed by atoms with Gasteiger partial charge >= 0.3 is 58.2 Å². The van der Waals surface area contributed by atoms with E-state index in [0.29, 0.717) is 0 Å². The normalized spacial score (nSPS) is 16.1. The minimum Gasteiger partial charge on any atom is 0 e. The van der Waals surface area contributed by atoms with Crippen molar-refractivity contribution in [2.24, 2.45) is 0 Å². The molecule has 0 saturated heterocycles. The number of rotatable bonds is 0. The summed E-state index contributed by atoms with van der Waals surface area (Å²) >= 11 is 0. The first kappa shape index (κ1) is 44.2. The number of hydrogen-bond acceptors (Lipinski definition) is 0. The molecule has 3 rings (SSSR count). The van der Waals surface area contributed by atoms with E-state index >= 15 is 0 Å². The third-order valence-corrected chi connectivity index (χ3v) is 4.82. The Balaban J connectivity index is -0.0000000583. The summed E-state index contributed by atoms with van der Waals surface area (Å²) in [5.41, 5.74) is 0.953. The molecule has 0 aromatic heterocycles. The Hall–Kier alpha value is 0.474. The molecule has 30 heavy (non-hydrogen) atoms. The molecule has 0 amide bonds. The third-order valence-electron chi connectivity index (χ3n) is 4.15. The fraction of sp³-hybridized carbons (Fsp3) is 0.842. The molecule has 0 aromatic carbocycles. The molecule has 178 valence electrons. The van der Waals surface area contributed by atoms with Gasteiger partial charge in [0, 0.05) is 17.1 Å². The molecule has 0 radical (unpaired) electrons. The Kier molecular flexibility index (Phi) is 58.8. The van der Waals surface area contributed by atoms with E-state index in [1.165, 1.54) is 96.3 Å². The Morgan fingerprint density at radius 2 is 0.667 bits per heavy atom. The second-order valence-corrected chi connectivity index (χ2v) is 7.37. The number of halogens is 4. The van der Waals surface area contributed by atoms with Crippen molar-refractivity contribution >= 4 is 16.5 Å². The van der Waals surface area contributed by atoms with Crippen LogP contribution in [0.1, 0.15) is 96.3 Å². The molecule has 1 atom stereocenters. The van der Waals surface area contributed by atoms with Gasteiger partial charge in [-0.2, -0.15) is 0 Å². The zero-order chi connectivity index (χ0) is 22.7. The Morgan fingerprint density at radius 1 is 0.533 bits per heavy atom. The summed E-state index contributed by atoms with van der Waals surface area (Å²) in [4.78, 5) is 0. The van der Waals surface area contributed by atoms with Crippen LogP contribution in [0.5, 0.6) is 0 Å². The van der Waals surface area contributed by atoms with Gasteiger partial charge in [0.2, 0.25) is 0 Å². The summed E-state index contributed by atoms with van der Waals surface area (Å²) in [7, 11) is -3.09. The standard InChI is InChI=1S/C6H13P.2C5H10.3CO.BF4.2Fe/c7-6-4-2-1-3-5-6;2*1-2-4-5-3-1;3*1-2;2-1(3,4)5;;/h6H,1-5,7H2;2*1-5H2;;;;;;/q;;;;;;-1;;+2. The summed E-state index contributed by atoms with van der Waals surface area (Å²) in [6.07, 6.45) is 22.3. The van der Waals surface area contributed by atoms with Crippen molar-refractivity contribution < 1.29 is 65.4 Å². The van der Waals surface area contributed by atoms with Crippen LogP contribution in [0.25, 0.3) is 0 Å². The van der Waals surface area contributed by atoms with E-state index in [9.17, 15) is 17.3 Å². The van der Waals surface area contributed by atoms with Crippen molar-refractivity contribution in [3.63, 3.8) is 0 Å². The van der Waals surface area contributed by atoms with Crippen molar-refractivity contribution in [3.8, 4) is 0 Å². The summed E-state index contributed by atoms with van der Waals surface area (Å²) in [6, 6.07) is 0. The van der Waals surface area contributed by atoms with Gasteiger partial charge < -0.3 is 17.3 Å². The van der Waals surface area contributed by atoms with Gasteiger partial charge in [-0.05, 0) is 18.5 Å². The van der Waals surface area contributed by atoms with Gasteiger partial charge in [-0.15, -0.1) is 9.24 Å². The molecule has 3 nitrogen and oxygen atoms in total. The fourth-order valence-electron chi connectivity index (χ4n) is 2.90. The topological polar surface area (TPSA) is 59.7 Å². The van der Waals surface area contributed by atoms with Crippen molar-refractivity contribution in [2.75, 3.05) is 0 Å². The van der Waals surface area contributed by atoms with Crippen molar-refractivity contribution in [1.82, 2.24) is 0 Å². The molecule has 3 aliphatic carbocycles. The summed E-state index contributed by atoms with van der Waals surface area (Å²) in [6.45, 7) is 13.5. The van der Waals surface area contributed by atoms with Crippen LogP contribution in [-0.4, -0.2) is 12.9 Å². The van der Waals surface area contributed by atoms with Crippen LogP contribution in [0.2, 0.25) is 0 Å². The number of hydrogen-bond donors (Lipinski definition) is 0. The molecule has 0 spiro atoms. The van der Waals surface area contributed by atoms with Gasteiger partial charge in [0.1, 0.15) is 0 Å². The van der Waals surface area contributed by atoms with E-state index in [4.69, 9.17) is 14.0 Å². The van der Waals surface area contributed by atoms with E-state index in [1.54, 1.807) is 0 Å². The monoisotopic (exact) mass is 539 g/mol. The predicted molar refractivity (Wildman–Crippen MR) is 105 cm³/mol. The molecule has 1 unspecified atom stereocenters. The van der Waals surface area contributed by atoms with Gasteiger partial charge in [0.15, 0.2) is 0 Å². The van der Waals surface area contributed by atoms with E-state index in [1.807, 2.05) is 0 Å². The van der Waals surface area contributed by atoms with Gasteiger partial charge in [0.25, 0.3) is 0 Å². The second kappa shape index (κ2) is 39.9. The van der Waals surface area contributed by atoms with E-state index < -0.39 is 7.25 Å². The molecule has 0 aromatic rings. The first-order valence-electron chi connectivity index (χ1n) is 9.64. The van der Waals surface area contributed by atoms with Crippen LogP contribution < -0.4 is 0 Å². The van der Waals surface area contributed by atoms with Crippen LogP contribution >= 0.6 is 9.24 Å². The maximum atomic E-state index is 9.75. The van der Waals surface area contributed by atoms with Crippen LogP contribution in [0, 0.1) is 20.0 Å². The molecule has 0 heterocycles. The molecule has 11 heteroatoms. The van der Waals surface area contributed by atoms with E-state index in [2.05, 4.69) is 29.2 Å². The average Bonchev–Trinajstić information content (AvgIpc) is 3.45. The van der Waals surface area contributed by atoms with E-state index in [0.717, 1.165) is 5.66 Å². The van der Waals surface area contributed by atoms with E-state index in [-0.39, 0.29) is 34.1 Å². The molecular formula is C19H33BF4Fe2O3P+. The first-order chi connectivity index (χ1) is 13.4. The maximum absolute atomic E-state index is 9.75. The maximum Gasteiger partial charge on any atom is 2.00 e. The second-order valence-electron chi connectivity index (χ2n) is 6.43. The summed E-state index contributed by atoms with van der Waals surface area (Å²) < 4.78 is 61.5. The molecule has 0 N–H and O–H groups in total. The first-order valence-corrected chi connectivity index (χ1v) is 10.3.